The molecule has 1 fully saturated rings. The molecule has 1 aliphatic heterocycles. The fraction of sp³-hybridized carbons (Fsp3) is 0.917. The molecule has 0 radical (unpaired) electrons. The first-order valence-corrected chi connectivity index (χ1v) is 6.18. The summed E-state index contributed by atoms with van der Waals surface area (Å²) >= 11 is 0. The van der Waals surface area contributed by atoms with E-state index in [2.05, 4.69) is 28.1 Å². The van der Waals surface area contributed by atoms with Crippen LogP contribution < -0.4 is 5.32 Å². The Balaban J connectivity index is 2.35. The lowest BCUT2D eigenvalue weighted by atomic mass is 10.0. The molecule has 1 aliphatic rings. The number of rotatable bonds is 5. The van der Waals surface area contributed by atoms with Crippen LogP contribution in [0.2, 0.25) is 0 Å². The molecule has 0 aromatic heterocycles. The zero-order valence-corrected chi connectivity index (χ0v) is 10.8. The molecule has 0 spiro atoms. The van der Waals surface area contributed by atoms with Gasteiger partial charge < -0.3 is 10.2 Å². The Bertz CT molecular complexity index is 240. The number of nitrogens with one attached hydrogen (secondary N) is 1. The third-order valence-electron chi connectivity index (χ3n) is 3.34. The van der Waals surface area contributed by atoms with Gasteiger partial charge in [-0.15, -0.1) is 0 Å². The van der Waals surface area contributed by atoms with Crippen LogP contribution in [0.1, 0.15) is 20.3 Å². The van der Waals surface area contributed by atoms with Gasteiger partial charge in [0.25, 0.3) is 0 Å². The maximum absolute atomic E-state index is 9.10. The van der Waals surface area contributed by atoms with Crippen molar-refractivity contribution in [2.45, 2.75) is 25.8 Å². The highest BCUT2D eigenvalue weighted by Crippen LogP contribution is 2.08. The fourth-order valence-corrected chi connectivity index (χ4v) is 2.10. The van der Waals surface area contributed by atoms with E-state index in [4.69, 9.17) is 5.26 Å². The Kier molecular flexibility index (Phi) is 5.20. The summed E-state index contributed by atoms with van der Waals surface area (Å²) in [5, 5.41) is 12.2. The molecule has 1 saturated heterocycles. The normalized spacial score (nSPS) is 22.6. The molecule has 0 aromatic rings. The monoisotopic (exact) mass is 224 g/mol. The highest BCUT2D eigenvalue weighted by molar-refractivity contribution is 5.05. The summed E-state index contributed by atoms with van der Waals surface area (Å²) in [6, 6.07) is 2.35. The third kappa shape index (κ3) is 3.75. The van der Waals surface area contributed by atoms with Gasteiger partial charge in [-0.2, -0.15) is 5.26 Å². The summed E-state index contributed by atoms with van der Waals surface area (Å²) in [4.78, 5) is 4.88. The van der Waals surface area contributed by atoms with Gasteiger partial charge >= 0.3 is 0 Å². The van der Waals surface area contributed by atoms with E-state index in [1.54, 1.807) is 0 Å². The van der Waals surface area contributed by atoms with Crippen molar-refractivity contribution in [3.8, 4) is 6.07 Å². The summed E-state index contributed by atoms with van der Waals surface area (Å²) in [6.45, 7) is 10.6. The fourth-order valence-electron chi connectivity index (χ4n) is 2.10. The van der Waals surface area contributed by atoms with Crippen molar-refractivity contribution in [2.75, 3.05) is 46.3 Å². The van der Waals surface area contributed by atoms with Crippen molar-refractivity contribution < 1.29 is 0 Å². The van der Waals surface area contributed by atoms with E-state index in [0.717, 1.165) is 32.7 Å². The zero-order chi connectivity index (χ0) is 12.0. The van der Waals surface area contributed by atoms with Crippen LogP contribution in [0, 0.1) is 11.3 Å². The van der Waals surface area contributed by atoms with Gasteiger partial charge in [-0.3, -0.25) is 4.90 Å². The summed E-state index contributed by atoms with van der Waals surface area (Å²) < 4.78 is 0. The third-order valence-corrected chi connectivity index (χ3v) is 3.34. The van der Waals surface area contributed by atoms with Gasteiger partial charge in [0.15, 0.2) is 0 Å². The molecule has 0 amide bonds. The van der Waals surface area contributed by atoms with Gasteiger partial charge in [-0.05, 0) is 26.9 Å². The quantitative estimate of drug-likeness (QED) is 0.739. The Morgan fingerprint density at radius 3 is 2.25 bits per heavy atom. The number of hydrogen-bond donors (Lipinski definition) is 1. The molecule has 0 aliphatic carbocycles. The van der Waals surface area contributed by atoms with Crippen LogP contribution in [-0.2, 0) is 0 Å². The number of piperazine rings is 1. The highest BCUT2D eigenvalue weighted by atomic mass is 15.3. The number of nitriles is 1. The van der Waals surface area contributed by atoms with Gasteiger partial charge in [0, 0.05) is 32.7 Å². The molecular formula is C12H24N4. The highest BCUT2D eigenvalue weighted by Gasteiger charge is 2.26. The summed E-state index contributed by atoms with van der Waals surface area (Å²) in [5.41, 5.74) is -0.410. The molecule has 1 heterocycles. The molecule has 16 heavy (non-hydrogen) atoms. The van der Waals surface area contributed by atoms with Crippen LogP contribution in [0.25, 0.3) is 0 Å². The molecule has 92 valence electrons. The standard InChI is InChI=1S/C12H24N4/c1-4-5-15-6-8-16(9-7-15)11-12(2,10-13)14-3/h14H,4-9,11H2,1-3H3. The average molecular weight is 224 g/mol. The molecule has 0 bridgehead atoms. The lowest BCUT2D eigenvalue weighted by molar-refractivity contribution is 0.117. The summed E-state index contributed by atoms with van der Waals surface area (Å²) in [6.07, 6.45) is 1.23. The van der Waals surface area contributed by atoms with E-state index < -0.39 is 5.54 Å². The van der Waals surface area contributed by atoms with E-state index in [0.29, 0.717) is 0 Å². The lowest BCUT2D eigenvalue weighted by Crippen LogP contribution is -2.54. The van der Waals surface area contributed by atoms with Crippen LogP contribution in [0.3, 0.4) is 0 Å². The first-order chi connectivity index (χ1) is 7.63. The smallest absolute Gasteiger partial charge is 0.116 e. The Morgan fingerprint density at radius 2 is 1.81 bits per heavy atom. The molecule has 1 unspecified atom stereocenters. The molecule has 1 N–H and O–H groups in total. The van der Waals surface area contributed by atoms with Gasteiger partial charge in [0.1, 0.15) is 5.54 Å². The lowest BCUT2D eigenvalue weighted by Gasteiger charge is -2.37. The second kappa shape index (κ2) is 6.19. The molecule has 1 rings (SSSR count). The van der Waals surface area contributed by atoms with Crippen molar-refractivity contribution in [1.82, 2.24) is 15.1 Å². The maximum atomic E-state index is 9.10. The molecule has 4 heteroatoms. The van der Waals surface area contributed by atoms with E-state index >= 15 is 0 Å². The largest absolute Gasteiger partial charge is 0.302 e. The van der Waals surface area contributed by atoms with E-state index in [9.17, 15) is 0 Å². The first-order valence-electron chi connectivity index (χ1n) is 6.18. The minimum absolute atomic E-state index is 0.410. The van der Waals surface area contributed by atoms with Gasteiger partial charge in [-0.25, -0.2) is 0 Å². The first kappa shape index (κ1) is 13.4. The maximum Gasteiger partial charge on any atom is 0.116 e. The zero-order valence-electron chi connectivity index (χ0n) is 10.8. The Labute approximate surface area is 99.2 Å². The predicted molar refractivity (Wildman–Crippen MR) is 66.2 cm³/mol. The average Bonchev–Trinajstić information content (AvgIpc) is 2.32. The van der Waals surface area contributed by atoms with Crippen molar-refractivity contribution in [3.05, 3.63) is 0 Å². The van der Waals surface area contributed by atoms with Crippen LogP contribution in [0.4, 0.5) is 0 Å². The Morgan fingerprint density at radius 1 is 1.25 bits per heavy atom. The van der Waals surface area contributed by atoms with Crippen molar-refractivity contribution in [2.24, 2.45) is 0 Å². The van der Waals surface area contributed by atoms with Gasteiger partial charge in [-0.1, -0.05) is 6.92 Å². The second-order valence-electron chi connectivity index (χ2n) is 4.81. The number of likely N-dealkylation sites (N-methyl/N-ethyl adjacent to an activating group) is 1. The van der Waals surface area contributed by atoms with Crippen LogP contribution in [-0.4, -0.2) is 61.7 Å². The van der Waals surface area contributed by atoms with Crippen LogP contribution >= 0.6 is 0 Å². The van der Waals surface area contributed by atoms with E-state index in [1.807, 2.05) is 14.0 Å². The predicted octanol–water partition coefficient (Wildman–Crippen LogP) is 0.516. The Hall–Kier alpha value is -0.630. The molecule has 4 nitrogen and oxygen atoms in total. The summed E-state index contributed by atoms with van der Waals surface area (Å²) in [7, 11) is 1.86. The molecule has 0 aromatic carbocycles. The van der Waals surface area contributed by atoms with Crippen molar-refractivity contribution >= 4 is 0 Å². The minimum Gasteiger partial charge on any atom is -0.302 e. The van der Waals surface area contributed by atoms with Crippen molar-refractivity contribution in [1.29, 1.82) is 5.26 Å². The SMILES string of the molecule is CCCN1CCN(CC(C)(C#N)NC)CC1. The van der Waals surface area contributed by atoms with Crippen molar-refractivity contribution in [3.63, 3.8) is 0 Å². The molecular weight excluding hydrogens is 200 g/mol. The van der Waals surface area contributed by atoms with Crippen LogP contribution in [0.5, 0.6) is 0 Å². The van der Waals surface area contributed by atoms with Gasteiger partial charge in [0.2, 0.25) is 0 Å². The number of nitrogens with zero attached hydrogens (tertiary/aromatic N) is 3. The molecule has 0 saturated carbocycles. The topological polar surface area (TPSA) is 42.3 Å². The van der Waals surface area contributed by atoms with E-state index in [-0.39, 0.29) is 0 Å². The summed E-state index contributed by atoms with van der Waals surface area (Å²) in [5.74, 6) is 0. The van der Waals surface area contributed by atoms with E-state index in [1.165, 1.54) is 13.0 Å². The van der Waals surface area contributed by atoms with Gasteiger partial charge in [0.05, 0.1) is 6.07 Å². The number of hydrogen-bond acceptors (Lipinski definition) is 4. The molecule has 1 atom stereocenters. The van der Waals surface area contributed by atoms with Crippen LogP contribution in [0.15, 0.2) is 0 Å². The minimum atomic E-state index is -0.410. The second-order valence-corrected chi connectivity index (χ2v) is 4.81.